The maximum absolute atomic E-state index is 12.0. The number of aromatic amines is 1. The number of nitrogens with one attached hydrogen (secondary N) is 2. The van der Waals surface area contributed by atoms with Gasteiger partial charge in [0, 0.05) is 28.9 Å². The molecule has 3 rings (SSSR count). The summed E-state index contributed by atoms with van der Waals surface area (Å²) in [7, 11) is 1.59. The lowest BCUT2D eigenvalue weighted by Crippen LogP contribution is -1.96. The van der Waals surface area contributed by atoms with Crippen LogP contribution in [0.5, 0.6) is 5.75 Å². The minimum Gasteiger partial charge on any atom is -0.497 e. The molecule has 0 atom stereocenters. The summed E-state index contributed by atoms with van der Waals surface area (Å²) >= 11 is 0. The molecular formula is C17H15N3O2. The van der Waals surface area contributed by atoms with Gasteiger partial charge in [0.2, 0.25) is 0 Å². The molecule has 5 nitrogen and oxygen atoms in total. The van der Waals surface area contributed by atoms with E-state index < -0.39 is 0 Å². The maximum Gasteiger partial charge on any atom is 0.187 e. The lowest BCUT2D eigenvalue weighted by atomic mass is 10.1. The molecule has 2 N–H and O–H groups in total. The Labute approximate surface area is 127 Å². The highest BCUT2D eigenvalue weighted by atomic mass is 16.5. The lowest BCUT2D eigenvalue weighted by Gasteiger charge is -2.01. The molecule has 0 aliphatic heterocycles. The third kappa shape index (κ3) is 2.98. The second-order valence-electron chi connectivity index (χ2n) is 4.74. The van der Waals surface area contributed by atoms with Crippen molar-refractivity contribution >= 4 is 22.4 Å². The Morgan fingerprint density at radius 3 is 2.82 bits per heavy atom. The molecule has 110 valence electrons. The van der Waals surface area contributed by atoms with Crippen molar-refractivity contribution in [3.63, 3.8) is 0 Å². The summed E-state index contributed by atoms with van der Waals surface area (Å²) in [6.45, 7) is 0. The Morgan fingerprint density at radius 1 is 1.23 bits per heavy atom. The Balaban J connectivity index is 1.66. The van der Waals surface area contributed by atoms with Crippen molar-refractivity contribution in [3.05, 3.63) is 66.5 Å². The van der Waals surface area contributed by atoms with Crippen LogP contribution in [0, 0.1) is 0 Å². The Hall–Kier alpha value is -3.08. The van der Waals surface area contributed by atoms with Crippen molar-refractivity contribution in [2.24, 2.45) is 0 Å². The molecule has 0 fully saturated rings. The van der Waals surface area contributed by atoms with Crippen LogP contribution in [0.2, 0.25) is 0 Å². The monoisotopic (exact) mass is 293 g/mol. The SMILES string of the molecule is COc1ccc(C(=O)/C=C/Nc2ccc3[nH]ncc3c2)cc1. The van der Waals surface area contributed by atoms with Crippen LogP contribution in [-0.4, -0.2) is 23.1 Å². The Bertz CT molecular complexity index is 819. The highest BCUT2D eigenvalue weighted by molar-refractivity contribution is 6.04. The molecule has 0 amide bonds. The Kier molecular flexibility index (Phi) is 3.87. The normalized spacial score (nSPS) is 11.0. The first-order valence-corrected chi connectivity index (χ1v) is 6.81. The van der Waals surface area contributed by atoms with Crippen LogP contribution in [0.1, 0.15) is 10.4 Å². The van der Waals surface area contributed by atoms with Crippen LogP contribution in [0.25, 0.3) is 10.9 Å². The maximum atomic E-state index is 12.0. The van der Waals surface area contributed by atoms with Gasteiger partial charge >= 0.3 is 0 Å². The fraction of sp³-hybridized carbons (Fsp3) is 0.0588. The molecule has 22 heavy (non-hydrogen) atoms. The summed E-state index contributed by atoms with van der Waals surface area (Å²) in [4.78, 5) is 12.0. The highest BCUT2D eigenvalue weighted by Gasteiger charge is 2.01. The number of nitrogens with zero attached hydrogens (tertiary/aromatic N) is 1. The van der Waals surface area contributed by atoms with E-state index in [0.717, 1.165) is 22.3 Å². The number of rotatable bonds is 5. The summed E-state index contributed by atoms with van der Waals surface area (Å²) < 4.78 is 5.07. The zero-order chi connectivity index (χ0) is 15.4. The number of allylic oxidation sites excluding steroid dienone is 1. The number of carbonyl (C=O) groups is 1. The number of ketones is 1. The van der Waals surface area contributed by atoms with E-state index in [2.05, 4.69) is 15.5 Å². The van der Waals surface area contributed by atoms with Gasteiger partial charge in [-0.15, -0.1) is 0 Å². The molecule has 3 aromatic rings. The van der Waals surface area contributed by atoms with Crippen molar-refractivity contribution in [1.82, 2.24) is 10.2 Å². The molecule has 5 heteroatoms. The number of aromatic nitrogens is 2. The van der Waals surface area contributed by atoms with Crippen molar-refractivity contribution in [2.45, 2.75) is 0 Å². The van der Waals surface area contributed by atoms with Crippen LogP contribution in [0.4, 0.5) is 5.69 Å². The minimum atomic E-state index is -0.0699. The molecule has 0 saturated heterocycles. The molecule has 1 aromatic heterocycles. The van der Waals surface area contributed by atoms with Crippen molar-refractivity contribution in [1.29, 1.82) is 0 Å². The van der Waals surface area contributed by atoms with E-state index >= 15 is 0 Å². The van der Waals surface area contributed by atoms with Gasteiger partial charge in [-0.1, -0.05) is 0 Å². The number of fused-ring (bicyclic) bond motifs is 1. The summed E-state index contributed by atoms with van der Waals surface area (Å²) in [5, 5.41) is 11.0. The molecule has 0 saturated carbocycles. The fourth-order valence-electron chi connectivity index (χ4n) is 2.10. The number of anilines is 1. The standard InChI is InChI=1S/C17H15N3O2/c1-22-15-5-2-12(3-6-15)17(21)8-9-18-14-4-7-16-13(10-14)11-19-20-16/h2-11,18H,1H3,(H,19,20)/b9-8+. The molecule has 0 aliphatic carbocycles. The van der Waals surface area contributed by atoms with E-state index in [1.807, 2.05) is 18.2 Å². The summed E-state index contributed by atoms with van der Waals surface area (Å²) in [6.07, 6.45) is 4.89. The van der Waals surface area contributed by atoms with Crippen LogP contribution >= 0.6 is 0 Å². The summed E-state index contributed by atoms with van der Waals surface area (Å²) in [5.41, 5.74) is 2.49. The largest absolute Gasteiger partial charge is 0.497 e. The van der Waals surface area contributed by atoms with E-state index in [1.54, 1.807) is 43.8 Å². The van der Waals surface area contributed by atoms with Gasteiger partial charge in [0.15, 0.2) is 5.78 Å². The van der Waals surface area contributed by atoms with E-state index in [9.17, 15) is 4.79 Å². The molecule has 0 spiro atoms. The summed E-state index contributed by atoms with van der Waals surface area (Å²) in [6, 6.07) is 12.8. The zero-order valence-corrected chi connectivity index (χ0v) is 12.0. The van der Waals surface area contributed by atoms with Gasteiger partial charge < -0.3 is 10.1 Å². The van der Waals surface area contributed by atoms with Gasteiger partial charge in [-0.25, -0.2) is 0 Å². The van der Waals surface area contributed by atoms with Gasteiger partial charge in [0.05, 0.1) is 18.8 Å². The number of carbonyl (C=O) groups excluding carboxylic acids is 1. The fourth-order valence-corrected chi connectivity index (χ4v) is 2.10. The number of ether oxygens (including phenoxy) is 1. The van der Waals surface area contributed by atoms with E-state index in [1.165, 1.54) is 6.08 Å². The average Bonchev–Trinajstić information content (AvgIpc) is 3.02. The van der Waals surface area contributed by atoms with E-state index in [4.69, 9.17) is 4.74 Å². The predicted molar refractivity (Wildman–Crippen MR) is 86.2 cm³/mol. The quantitative estimate of drug-likeness (QED) is 0.559. The van der Waals surface area contributed by atoms with Crippen molar-refractivity contribution < 1.29 is 9.53 Å². The van der Waals surface area contributed by atoms with Gasteiger partial charge in [-0.3, -0.25) is 9.89 Å². The van der Waals surface area contributed by atoms with Crippen LogP contribution in [0.3, 0.4) is 0 Å². The topological polar surface area (TPSA) is 67.0 Å². The number of hydrogen-bond acceptors (Lipinski definition) is 4. The first-order chi connectivity index (χ1) is 10.8. The first-order valence-electron chi connectivity index (χ1n) is 6.81. The molecule has 0 unspecified atom stereocenters. The first kappa shape index (κ1) is 13.9. The molecule has 2 aromatic carbocycles. The third-order valence-electron chi connectivity index (χ3n) is 3.30. The van der Waals surface area contributed by atoms with Crippen LogP contribution < -0.4 is 10.1 Å². The zero-order valence-electron chi connectivity index (χ0n) is 12.0. The second-order valence-corrected chi connectivity index (χ2v) is 4.74. The molecular weight excluding hydrogens is 278 g/mol. The number of benzene rings is 2. The van der Waals surface area contributed by atoms with Crippen molar-refractivity contribution in [2.75, 3.05) is 12.4 Å². The molecule has 0 aliphatic rings. The van der Waals surface area contributed by atoms with Gasteiger partial charge in [-0.05, 0) is 42.5 Å². The smallest absolute Gasteiger partial charge is 0.187 e. The second kappa shape index (κ2) is 6.13. The third-order valence-corrected chi connectivity index (χ3v) is 3.30. The summed E-state index contributed by atoms with van der Waals surface area (Å²) in [5.74, 6) is 0.659. The molecule has 0 radical (unpaired) electrons. The van der Waals surface area contributed by atoms with Crippen molar-refractivity contribution in [3.8, 4) is 5.75 Å². The van der Waals surface area contributed by atoms with Gasteiger partial charge in [0.1, 0.15) is 5.75 Å². The Morgan fingerprint density at radius 2 is 2.05 bits per heavy atom. The van der Waals surface area contributed by atoms with E-state index in [-0.39, 0.29) is 5.78 Å². The molecule has 0 bridgehead atoms. The molecule has 1 heterocycles. The lowest BCUT2D eigenvalue weighted by molar-refractivity contribution is 0.104. The number of H-pyrrole nitrogens is 1. The van der Waals surface area contributed by atoms with Gasteiger partial charge in [0.25, 0.3) is 0 Å². The van der Waals surface area contributed by atoms with Gasteiger partial charge in [-0.2, -0.15) is 5.10 Å². The van der Waals surface area contributed by atoms with Crippen LogP contribution in [-0.2, 0) is 0 Å². The highest BCUT2D eigenvalue weighted by Crippen LogP contribution is 2.17. The predicted octanol–water partition coefficient (Wildman–Crippen LogP) is 3.38. The van der Waals surface area contributed by atoms with Crippen LogP contribution in [0.15, 0.2) is 60.9 Å². The number of hydrogen-bond donors (Lipinski definition) is 2. The van der Waals surface area contributed by atoms with E-state index in [0.29, 0.717) is 5.56 Å². The average molecular weight is 293 g/mol. The minimum absolute atomic E-state index is 0.0699. The number of methoxy groups -OCH3 is 1.